The summed E-state index contributed by atoms with van der Waals surface area (Å²) in [7, 11) is 0. The van der Waals surface area contributed by atoms with Crippen molar-refractivity contribution in [3.05, 3.63) is 35.9 Å². The summed E-state index contributed by atoms with van der Waals surface area (Å²) in [6.07, 6.45) is 7.15. The van der Waals surface area contributed by atoms with Crippen LogP contribution in [-0.2, 0) is 0 Å². The van der Waals surface area contributed by atoms with Crippen LogP contribution in [0.15, 0.2) is 30.3 Å². The topological polar surface area (TPSA) is 39.1 Å². The van der Waals surface area contributed by atoms with Crippen molar-refractivity contribution in [1.29, 1.82) is 5.26 Å². The van der Waals surface area contributed by atoms with E-state index in [1.54, 1.807) is 0 Å². The van der Waals surface area contributed by atoms with E-state index in [2.05, 4.69) is 46.6 Å². The molecule has 1 N–H and O–H groups in total. The van der Waals surface area contributed by atoms with Gasteiger partial charge in [0.1, 0.15) is 0 Å². The summed E-state index contributed by atoms with van der Waals surface area (Å²) in [5.41, 5.74) is 1.57. The highest BCUT2D eigenvalue weighted by atomic mass is 15.3. The van der Waals surface area contributed by atoms with Gasteiger partial charge in [0.25, 0.3) is 0 Å². The number of piperazine rings is 1. The molecule has 1 aliphatic carbocycles. The Labute approximate surface area is 128 Å². The molecule has 21 heavy (non-hydrogen) atoms. The van der Waals surface area contributed by atoms with Crippen molar-refractivity contribution in [1.82, 2.24) is 10.2 Å². The van der Waals surface area contributed by atoms with Crippen LogP contribution in [0.3, 0.4) is 0 Å². The quantitative estimate of drug-likeness (QED) is 0.925. The first-order chi connectivity index (χ1) is 10.4. The lowest BCUT2D eigenvalue weighted by molar-refractivity contribution is -0.00719. The summed E-state index contributed by atoms with van der Waals surface area (Å²) in [6.45, 7) is 3.18. The van der Waals surface area contributed by atoms with Gasteiger partial charge in [-0.3, -0.25) is 4.90 Å². The maximum Gasteiger partial charge on any atom is 0.0641 e. The Balaban J connectivity index is 1.90. The van der Waals surface area contributed by atoms with Crippen molar-refractivity contribution in [3.8, 4) is 6.07 Å². The fraction of sp³-hybridized carbons (Fsp3) is 0.611. The first-order valence-electron chi connectivity index (χ1n) is 8.25. The van der Waals surface area contributed by atoms with E-state index in [0.29, 0.717) is 6.42 Å². The number of benzene rings is 1. The minimum Gasteiger partial charge on any atom is -0.314 e. The lowest BCUT2D eigenvalue weighted by atomic mass is 9.77. The van der Waals surface area contributed by atoms with Gasteiger partial charge in [-0.25, -0.2) is 0 Å². The lowest BCUT2D eigenvalue weighted by Gasteiger charge is -2.52. The van der Waals surface area contributed by atoms with E-state index in [4.69, 9.17) is 0 Å². The standard InChI is InChI=1S/C18H25N3/c19-12-9-17(16-7-3-1-4-8-16)21-14-13-20-15-18(21)10-5-2-6-11-18/h1,3-4,7-8,17,20H,2,5-6,9-11,13-15H2. The van der Waals surface area contributed by atoms with Gasteiger partial charge < -0.3 is 5.32 Å². The molecule has 2 fully saturated rings. The number of nitrogens with zero attached hydrogens (tertiary/aromatic N) is 2. The summed E-state index contributed by atoms with van der Waals surface area (Å²) in [6, 6.07) is 13.3. The molecule has 1 unspecified atom stereocenters. The molecule has 112 valence electrons. The van der Waals surface area contributed by atoms with Crippen molar-refractivity contribution >= 4 is 0 Å². The van der Waals surface area contributed by atoms with Crippen LogP contribution in [0.2, 0.25) is 0 Å². The fourth-order valence-electron chi connectivity index (χ4n) is 4.19. The highest BCUT2D eigenvalue weighted by molar-refractivity contribution is 5.21. The third-order valence-electron chi connectivity index (χ3n) is 5.22. The second-order valence-electron chi connectivity index (χ2n) is 6.44. The predicted octanol–water partition coefficient (Wildman–Crippen LogP) is 3.25. The number of hydrogen-bond donors (Lipinski definition) is 1. The SMILES string of the molecule is N#CCC(c1ccccc1)N1CCNCC12CCCCC2. The molecule has 1 saturated heterocycles. The third-order valence-corrected chi connectivity index (χ3v) is 5.22. The number of hydrogen-bond acceptors (Lipinski definition) is 3. The van der Waals surface area contributed by atoms with Gasteiger partial charge in [0.05, 0.1) is 12.5 Å². The van der Waals surface area contributed by atoms with Crippen LogP contribution in [0.1, 0.15) is 50.1 Å². The Morgan fingerprint density at radius 1 is 1.19 bits per heavy atom. The maximum atomic E-state index is 9.32. The maximum absolute atomic E-state index is 9.32. The van der Waals surface area contributed by atoms with Crippen molar-refractivity contribution in [2.75, 3.05) is 19.6 Å². The molecule has 1 aliphatic heterocycles. The summed E-state index contributed by atoms with van der Waals surface area (Å²) in [4.78, 5) is 2.65. The summed E-state index contributed by atoms with van der Waals surface area (Å²) < 4.78 is 0. The largest absolute Gasteiger partial charge is 0.314 e. The zero-order valence-electron chi connectivity index (χ0n) is 12.7. The highest BCUT2D eigenvalue weighted by Gasteiger charge is 2.43. The average Bonchev–Trinajstić information content (AvgIpc) is 2.55. The van der Waals surface area contributed by atoms with Gasteiger partial charge in [-0.15, -0.1) is 0 Å². The summed E-state index contributed by atoms with van der Waals surface area (Å²) >= 11 is 0. The van der Waals surface area contributed by atoms with Gasteiger partial charge in [0.2, 0.25) is 0 Å². The van der Waals surface area contributed by atoms with Crippen LogP contribution in [0.25, 0.3) is 0 Å². The van der Waals surface area contributed by atoms with E-state index < -0.39 is 0 Å². The third kappa shape index (κ3) is 2.97. The van der Waals surface area contributed by atoms with Crippen LogP contribution in [-0.4, -0.2) is 30.1 Å². The van der Waals surface area contributed by atoms with Crippen LogP contribution >= 0.6 is 0 Å². The van der Waals surface area contributed by atoms with E-state index in [-0.39, 0.29) is 11.6 Å². The van der Waals surface area contributed by atoms with Gasteiger partial charge in [-0.1, -0.05) is 49.6 Å². The van der Waals surface area contributed by atoms with Gasteiger partial charge in [-0.2, -0.15) is 5.26 Å². The molecule has 3 heteroatoms. The second-order valence-corrected chi connectivity index (χ2v) is 6.44. The Bertz CT molecular complexity index is 477. The van der Waals surface area contributed by atoms with Crippen LogP contribution in [0.4, 0.5) is 0 Å². The first kappa shape index (κ1) is 14.6. The van der Waals surface area contributed by atoms with E-state index in [1.165, 1.54) is 37.7 Å². The van der Waals surface area contributed by atoms with E-state index in [9.17, 15) is 5.26 Å². The molecule has 1 spiro atoms. The van der Waals surface area contributed by atoms with Crippen LogP contribution in [0, 0.1) is 11.3 Å². The van der Waals surface area contributed by atoms with Crippen molar-refractivity contribution in [3.63, 3.8) is 0 Å². The molecule has 1 aromatic rings. The Morgan fingerprint density at radius 3 is 2.67 bits per heavy atom. The molecule has 1 heterocycles. The first-order valence-corrected chi connectivity index (χ1v) is 8.25. The molecule has 3 rings (SSSR count). The highest BCUT2D eigenvalue weighted by Crippen LogP contribution is 2.40. The van der Waals surface area contributed by atoms with Crippen LogP contribution < -0.4 is 5.32 Å². The number of nitriles is 1. The minimum atomic E-state index is 0.247. The molecule has 0 aromatic heterocycles. The Morgan fingerprint density at radius 2 is 1.95 bits per heavy atom. The van der Waals surface area contributed by atoms with E-state index in [1.807, 2.05) is 0 Å². The van der Waals surface area contributed by atoms with E-state index >= 15 is 0 Å². The average molecular weight is 283 g/mol. The molecule has 1 atom stereocenters. The molecule has 2 aliphatic rings. The van der Waals surface area contributed by atoms with Crippen molar-refractivity contribution < 1.29 is 0 Å². The second kappa shape index (κ2) is 6.60. The lowest BCUT2D eigenvalue weighted by Crippen LogP contribution is -2.62. The van der Waals surface area contributed by atoms with Crippen molar-refractivity contribution in [2.45, 2.75) is 50.1 Å². The Kier molecular flexibility index (Phi) is 4.57. The van der Waals surface area contributed by atoms with Crippen molar-refractivity contribution in [2.24, 2.45) is 0 Å². The summed E-state index contributed by atoms with van der Waals surface area (Å²) in [5.74, 6) is 0. The molecule has 1 aromatic carbocycles. The zero-order chi connectivity index (χ0) is 14.5. The van der Waals surface area contributed by atoms with E-state index in [0.717, 1.165) is 19.6 Å². The smallest absolute Gasteiger partial charge is 0.0641 e. The van der Waals surface area contributed by atoms with Gasteiger partial charge in [0.15, 0.2) is 0 Å². The molecule has 0 bridgehead atoms. The minimum absolute atomic E-state index is 0.247. The zero-order valence-corrected chi connectivity index (χ0v) is 12.7. The molecule has 3 nitrogen and oxygen atoms in total. The molecular weight excluding hydrogens is 258 g/mol. The molecular formula is C18H25N3. The predicted molar refractivity (Wildman–Crippen MR) is 84.8 cm³/mol. The number of rotatable bonds is 3. The summed E-state index contributed by atoms with van der Waals surface area (Å²) in [5, 5.41) is 12.9. The monoisotopic (exact) mass is 283 g/mol. The fourth-order valence-corrected chi connectivity index (χ4v) is 4.19. The van der Waals surface area contributed by atoms with Gasteiger partial charge in [0, 0.05) is 31.2 Å². The molecule has 0 radical (unpaired) electrons. The molecule has 0 amide bonds. The normalized spacial score (nSPS) is 23.6. The van der Waals surface area contributed by atoms with Gasteiger partial charge >= 0.3 is 0 Å². The molecule has 1 saturated carbocycles. The van der Waals surface area contributed by atoms with Crippen LogP contribution in [0.5, 0.6) is 0 Å². The van der Waals surface area contributed by atoms with Gasteiger partial charge in [-0.05, 0) is 18.4 Å². The Hall–Kier alpha value is -1.37. The number of nitrogens with one attached hydrogen (secondary N) is 1.